The number of nitrogens with one attached hydrogen (secondary N) is 2. The fourth-order valence-electron chi connectivity index (χ4n) is 2.48. The van der Waals surface area contributed by atoms with Gasteiger partial charge in [0.25, 0.3) is 0 Å². The van der Waals surface area contributed by atoms with Gasteiger partial charge in [-0.05, 0) is 35.4 Å². The van der Waals surface area contributed by atoms with Gasteiger partial charge in [-0.15, -0.1) is 0 Å². The van der Waals surface area contributed by atoms with Crippen molar-refractivity contribution in [1.29, 1.82) is 0 Å². The first-order valence-corrected chi connectivity index (χ1v) is 6.68. The van der Waals surface area contributed by atoms with E-state index in [0.717, 1.165) is 6.54 Å². The van der Waals surface area contributed by atoms with Gasteiger partial charge in [-0.3, -0.25) is 0 Å². The van der Waals surface area contributed by atoms with Gasteiger partial charge in [0.2, 0.25) is 0 Å². The molecule has 0 aliphatic rings. The van der Waals surface area contributed by atoms with Crippen molar-refractivity contribution in [2.24, 2.45) is 0 Å². The minimum Gasteiger partial charge on any atom is -0.364 e. The predicted octanol–water partition coefficient (Wildman–Crippen LogP) is 4.02. The van der Waals surface area contributed by atoms with Crippen LogP contribution in [-0.4, -0.2) is 4.98 Å². The molecule has 2 nitrogen and oxygen atoms in total. The van der Waals surface area contributed by atoms with Crippen molar-refractivity contribution in [2.45, 2.75) is 19.5 Å². The Morgan fingerprint density at radius 3 is 2.68 bits per heavy atom. The molecule has 2 aromatic carbocycles. The molecular weight excluding hydrogens is 232 g/mol. The van der Waals surface area contributed by atoms with Crippen molar-refractivity contribution in [3.8, 4) is 0 Å². The average Bonchev–Trinajstić information content (AvgIpc) is 2.97. The number of fused-ring (bicyclic) bond motifs is 1. The Morgan fingerprint density at radius 1 is 1.00 bits per heavy atom. The second-order valence-corrected chi connectivity index (χ2v) is 4.87. The minimum atomic E-state index is 0.328. The molecule has 19 heavy (non-hydrogen) atoms. The lowest BCUT2D eigenvalue weighted by Gasteiger charge is -2.16. The van der Waals surface area contributed by atoms with Gasteiger partial charge in [0.15, 0.2) is 0 Å². The molecule has 0 bridgehead atoms. The zero-order chi connectivity index (χ0) is 13.1. The lowest BCUT2D eigenvalue weighted by atomic mass is 10.00. The summed E-state index contributed by atoms with van der Waals surface area (Å²) in [6.07, 6.45) is 1.96. The highest BCUT2D eigenvalue weighted by molar-refractivity contribution is 5.86. The van der Waals surface area contributed by atoms with Gasteiger partial charge in [0.1, 0.15) is 0 Å². The van der Waals surface area contributed by atoms with Crippen LogP contribution in [0.2, 0.25) is 0 Å². The summed E-state index contributed by atoms with van der Waals surface area (Å²) in [5.41, 5.74) is 2.57. The van der Waals surface area contributed by atoms with Crippen LogP contribution >= 0.6 is 0 Å². The molecule has 1 aromatic heterocycles. The van der Waals surface area contributed by atoms with Crippen molar-refractivity contribution < 1.29 is 0 Å². The molecule has 2 heteroatoms. The SMILES string of the molecule is C[C@@H](NCc1ccc[nH]1)c1cccc2ccccc12. The van der Waals surface area contributed by atoms with Crippen LogP contribution in [0.25, 0.3) is 10.8 Å². The summed E-state index contributed by atoms with van der Waals surface area (Å²) in [4.78, 5) is 3.22. The third-order valence-electron chi connectivity index (χ3n) is 3.55. The van der Waals surface area contributed by atoms with Crippen LogP contribution in [0.15, 0.2) is 60.8 Å². The highest BCUT2D eigenvalue weighted by Crippen LogP contribution is 2.24. The standard InChI is InChI=1S/C17H18N2/c1-13(19-12-15-8-5-11-18-15)16-10-4-7-14-6-2-3-9-17(14)16/h2-11,13,18-19H,12H2,1H3/t13-/m1/s1. The molecule has 0 aliphatic carbocycles. The van der Waals surface area contributed by atoms with Crippen molar-refractivity contribution in [3.63, 3.8) is 0 Å². The molecule has 0 radical (unpaired) electrons. The van der Waals surface area contributed by atoms with Gasteiger partial charge in [-0.25, -0.2) is 0 Å². The largest absolute Gasteiger partial charge is 0.364 e. The molecule has 0 aliphatic heterocycles. The molecule has 3 aromatic rings. The molecule has 0 spiro atoms. The maximum absolute atomic E-state index is 3.56. The molecule has 96 valence electrons. The molecule has 0 fully saturated rings. The molecule has 2 N–H and O–H groups in total. The van der Waals surface area contributed by atoms with Gasteiger partial charge in [-0.1, -0.05) is 42.5 Å². The highest BCUT2D eigenvalue weighted by Gasteiger charge is 2.08. The number of benzene rings is 2. The van der Waals surface area contributed by atoms with Crippen LogP contribution in [-0.2, 0) is 6.54 Å². The molecule has 1 heterocycles. The number of aromatic amines is 1. The highest BCUT2D eigenvalue weighted by atomic mass is 14.9. The minimum absolute atomic E-state index is 0.328. The first-order chi connectivity index (χ1) is 9.34. The summed E-state index contributed by atoms with van der Waals surface area (Å²) < 4.78 is 0. The van der Waals surface area contributed by atoms with Crippen molar-refractivity contribution in [3.05, 3.63) is 72.1 Å². The first kappa shape index (κ1) is 12.0. The van der Waals surface area contributed by atoms with E-state index < -0.39 is 0 Å². The number of aromatic nitrogens is 1. The Labute approximate surface area is 113 Å². The third kappa shape index (κ3) is 2.54. The Hall–Kier alpha value is -2.06. The van der Waals surface area contributed by atoms with Crippen LogP contribution in [0.1, 0.15) is 24.2 Å². The van der Waals surface area contributed by atoms with E-state index >= 15 is 0 Å². The van der Waals surface area contributed by atoms with Crippen LogP contribution in [0, 0.1) is 0 Å². The van der Waals surface area contributed by atoms with Crippen LogP contribution in [0.3, 0.4) is 0 Å². The maximum Gasteiger partial charge on any atom is 0.0362 e. The van der Waals surface area contributed by atoms with E-state index in [1.165, 1.54) is 22.0 Å². The molecule has 0 saturated carbocycles. The Kier molecular flexibility index (Phi) is 3.34. The number of hydrogen-bond acceptors (Lipinski definition) is 1. The summed E-state index contributed by atoms with van der Waals surface area (Å²) in [6.45, 7) is 3.07. The number of H-pyrrole nitrogens is 1. The molecule has 1 atom stereocenters. The topological polar surface area (TPSA) is 27.8 Å². The van der Waals surface area contributed by atoms with E-state index in [1.54, 1.807) is 0 Å². The van der Waals surface area contributed by atoms with Crippen molar-refractivity contribution in [2.75, 3.05) is 0 Å². The van der Waals surface area contributed by atoms with Gasteiger partial charge >= 0.3 is 0 Å². The van der Waals surface area contributed by atoms with E-state index in [4.69, 9.17) is 0 Å². The van der Waals surface area contributed by atoms with E-state index in [1.807, 2.05) is 12.3 Å². The summed E-state index contributed by atoms with van der Waals surface area (Å²) in [6, 6.07) is 19.5. The lowest BCUT2D eigenvalue weighted by molar-refractivity contribution is 0.572. The Morgan fingerprint density at radius 2 is 1.84 bits per heavy atom. The van der Waals surface area contributed by atoms with E-state index in [0.29, 0.717) is 6.04 Å². The predicted molar refractivity (Wildman–Crippen MR) is 80.0 cm³/mol. The second-order valence-electron chi connectivity index (χ2n) is 4.87. The Balaban J connectivity index is 1.83. The molecule has 3 rings (SSSR count). The first-order valence-electron chi connectivity index (χ1n) is 6.68. The van der Waals surface area contributed by atoms with E-state index in [-0.39, 0.29) is 0 Å². The normalized spacial score (nSPS) is 12.7. The zero-order valence-corrected chi connectivity index (χ0v) is 11.1. The average molecular weight is 250 g/mol. The fourth-order valence-corrected chi connectivity index (χ4v) is 2.48. The monoisotopic (exact) mass is 250 g/mol. The van der Waals surface area contributed by atoms with Gasteiger partial charge in [-0.2, -0.15) is 0 Å². The third-order valence-corrected chi connectivity index (χ3v) is 3.55. The van der Waals surface area contributed by atoms with E-state index in [9.17, 15) is 0 Å². The van der Waals surface area contributed by atoms with Crippen LogP contribution < -0.4 is 5.32 Å². The van der Waals surface area contributed by atoms with Crippen LogP contribution in [0.4, 0.5) is 0 Å². The summed E-state index contributed by atoms with van der Waals surface area (Å²) in [5.74, 6) is 0. The summed E-state index contributed by atoms with van der Waals surface area (Å²) >= 11 is 0. The molecule has 0 saturated heterocycles. The smallest absolute Gasteiger partial charge is 0.0362 e. The fraction of sp³-hybridized carbons (Fsp3) is 0.176. The summed E-state index contributed by atoms with van der Waals surface area (Å²) in [5, 5.41) is 6.19. The molecular formula is C17H18N2. The van der Waals surface area contributed by atoms with Gasteiger partial charge in [0, 0.05) is 24.5 Å². The molecule has 0 amide bonds. The molecule has 0 unspecified atom stereocenters. The second kappa shape index (κ2) is 5.29. The zero-order valence-electron chi connectivity index (χ0n) is 11.1. The van der Waals surface area contributed by atoms with Gasteiger partial charge in [0.05, 0.1) is 0 Å². The van der Waals surface area contributed by atoms with Gasteiger partial charge < -0.3 is 10.3 Å². The van der Waals surface area contributed by atoms with E-state index in [2.05, 4.69) is 65.8 Å². The lowest BCUT2D eigenvalue weighted by Crippen LogP contribution is -2.18. The van der Waals surface area contributed by atoms with Crippen molar-refractivity contribution >= 4 is 10.8 Å². The quantitative estimate of drug-likeness (QED) is 0.719. The number of hydrogen-bond donors (Lipinski definition) is 2. The Bertz CT molecular complexity index is 651. The number of rotatable bonds is 4. The summed E-state index contributed by atoms with van der Waals surface area (Å²) in [7, 11) is 0. The maximum atomic E-state index is 3.56. The van der Waals surface area contributed by atoms with Crippen LogP contribution in [0.5, 0.6) is 0 Å². The van der Waals surface area contributed by atoms with Crippen molar-refractivity contribution in [1.82, 2.24) is 10.3 Å².